The fourth-order valence-electron chi connectivity index (χ4n) is 7.34. The summed E-state index contributed by atoms with van der Waals surface area (Å²) in [5.41, 5.74) is 11.4. The Morgan fingerprint density at radius 2 is 0.698 bits per heavy atom. The molecule has 53 heavy (non-hydrogen) atoms. The molecule has 4 nitrogen and oxygen atoms in total. The summed E-state index contributed by atoms with van der Waals surface area (Å²) in [6.45, 7) is 0. The zero-order chi connectivity index (χ0) is 35.1. The summed E-state index contributed by atoms with van der Waals surface area (Å²) in [4.78, 5) is 15.0. The van der Waals surface area contributed by atoms with E-state index in [1.807, 2.05) is 60.7 Å². The SMILES string of the molecule is c1ccc(-c2nc(-c3ccc(-c4ccc(-c5ccc(-c6ccccc6)c6ccccc56)cc4)cc3)nc(-c3cccc4c3oc3ccccc34)n2)cc1. The molecule has 10 aromatic rings. The maximum absolute atomic E-state index is 6.37. The van der Waals surface area contributed by atoms with E-state index in [0.717, 1.165) is 49.8 Å². The van der Waals surface area contributed by atoms with Crippen LogP contribution in [-0.2, 0) is 0 Å². The second kappa shape index (κ2) is 12.9. The average molecular weight is 678 g/mol. The fraction of sp³-hybridized carbons (Fsp3) is 0. The van der Waals surface area contributed by atoms with E-state index in [-0.39, 0.29) is 0 Å². The molecular formula is C49H31N3O. The number of aromatic nitrogens is 3. The topological polar surface area (TPSA) is 51.8 Å². The van der Waals surface area contributed by atoms with Gasteiger partial charge >= 0.3 is 0 Å². The Bertz CT molecular complexity index is 2910. The van der Waals surface area contributed by atoms with E-state index >= 15 is 0 Å². The summed E-state index contributed by atoms with van der Waals surface area (Å²) in [5, 5.41) is 4.60. The van der Waals surface area contributed by atoms with Gasteiger partial charge in [0.2, 0.25) is 0 Å². The van der Waals surface area contributed by atoms with Crippen LogP contribution in [0.15, 0.2) is 192 Å². The predicted molar refractivity (Wildman–Crippen MR) is 217 cm³/mol. The summed E-state index contributed by atoms with van der Waals surface area (Å²) in [6, 6.07) is 65.3. The van der Waals surface area contributed by atoms with Crippen LogP contribution < -0.4 is 0 Å². The molecule has 0 N–H and O–H groups in total. The quantitative estimate of drug-likeness (QED) is 0.176. The van der Waals surface area contributed by atoms with Crippen LogP contribution in [0.1, 0.15) is 0 Å². The molecule has 0 aliphatic heterocycles. The molecular weight excluding hydrogens is 647 g/mol. The molecule has 0 spiro atoms. The molecule has 4 heteroatoms. The number of hydrogen-bond donors (Lipinski definition) is 0. The van der Waals surface area contributed by atoms with Gasteiger partial charge in [0.1, 0.15) is 11.2 Å². The van der Waals surface area contributed by atoms with E-state index < -0.39 is 0 Å². The zero-order valence-corrected chi connectivity index (χ0v) is 28.6. The highest BCUT2D eigenvalue weighted by molar-refractivity contribution is 6.09. The summed E-state index contributed by atoms with van der Waals surface area (Å²) in [7, 11) is 0. The predicted octanol–water partition coefficient (Wildman–Crippen LogP) is 12.9. The summed E-state index contributed by atoms with van der Waals surface area (Å²) < 4.78 is 6.37. The van der Waals surface area contributed by atoms with Crippen molar-refractivity contribution in [2.75, 3.05) is 0 Å². The van der Waals surface area contributed by atoms with E-state index in [1.54, 1.807) is 0 Å². The highest BCUT2D eigenvalue weighted by Gasteiger charge is 2.18. The van der Waals surface area contributed by atoms with Gasteiger partial charge in [0.25, 0.3) is 0 Å². The normalized spacial score (nSPS) is 11.4. The summed E-state index contributed by atoms with van der Waals surface area (Å²) in [5.74, 6) is 1.79. The number of fused-ring (bicyclic) bond motifs is 4. The van der Waals surface area contributed by atoms with Gasteiger partial charge in [0, 0.05) is 21.9 Å². The lowest BCUT2D eigenvalue weighted by Crippen LogP contribution is -2.00. The number of rotatable bonds is 6. The first kappa shape index (κ1) is 30.6. The van der Waals surface area contributed by atoms with Crippen molar-refractivity contribution in [1.29, 1.82) is 0 Å². The Kier molecular flexibility index (Phi) is 7.43. The van der Waals surface area contributed by atoms with E-state index in [4.69, 9.17) is 19.4 Å². The zero-order valence-electron chi connectivity index (χ0n) is 28.6. The lowest BCUT2D eigenvalue weighted by atomic mass is 9.91. The molecule has 0 unspecified atom stereocenters. The van der Waals surface area contributed by atoms with Gasteiger partial charge in [0.15, 0.2) is 17.5 Å². The first-order valence-corrected chi connectivity index (χ1v) is 17.8. The summed E-state index contributed by atoms with van der Waals surface area (Å²) in [6.07, 6.45) is 0. The third-order valence-electron chi connectivity index (χ3n) is 9.99. The van der Waals surface area contributed by atoms with Gasteiger partial charge < -0.3 is 4.42 Å². The molecule has 0 saturated heterocycles. The minimum atomic E-state index is 0.572. The standard InChI is InChI=1S/C49H31N3O/c1-3-12-34(13-4-1)38-30-31-39(41-17-8-7-16-40(38)41)35-26-22-32(23-27-35)33-24-28-37(29-25-33)48-50-47(36-14-5-2-6-15-36)51-49(52-48)44-20-11-19-43-42-18-9-10-21-45(42)53-46(43)44/h1-31H. The Balaban J connectivity index is 1.00. The van der Waals surface area contributed by atoms with E-state index in [0.29, 0.717) is 17.5 Å². The van der Waals surface area contributed by atoms with Gasteiger partial charge in [-0.2, -0.15) is 0 Å². The van der Waals surface area contributed by atoms with Crippen molar-refractivity contribution in [2.24, 2.45) is 0 Å². The van der Waals surface area contributed by atoms with Crippen LogP contribution in [0.4, 0.5) is 0 Å². The molecule has 0 saturated carbocycles. The largest absolute Gasteiger partial charge is 0.455 e. The first-order valence-electron chi connectivity index (χ1n) is 17.8. The highest BCUT2D eigenvalue weighted by Crippen LogP contribution is 2.38. The molecule has 10 rings (SSSR count). The lowest BCUT2D eigenvalue weighted by Gasteiger charge is -2.13. The Hall–Kier alpha value is -7.17. The number of hydrogen-bond acceptors (Lipinski definition) is 4. The van der Waals surface area contributed by atoms with Crippen LogP contribution in [0.5, 0.6) is 0 Å². The van der Waals surface area contributed by atoms with Crippen molar-refractivity contribution in [1.82, 2.24) is 15.0 Å². The monoisotopic (exact) mass is 677 g/mol. The van der Waals surface area contributed by atoms with Crippen LogP contribution >= 0.6 is 0 Å². The number of furan rings is 1. The molecule has 0 atom stereocenters. The first-order chi connectivity index (χ1) is 26.3. The molecule has 2 aromatic heterocycles. The van der Waals surface area contributed by atoms with Gasteiger partial charge in [-0.25, -0.2) is 15.0 Å². The maximum Gasteiger partial charge on any atom is 0.167 e. The smallest absolute Gasteiger partial charge is 0.167 e. The molecule has 0 amide bonds. The van der Waals surface area contributed by atoms with Crippen molar-refractivity contribution < 1.29 is 4.42 Å². The molecule has 0 radical (unpaired) electrons. The fourth-order valence-corrected chi connectivity index (χ4v) is 7.34. The van der Waals surface area contributed by atoms with E-state index in [1.165, 1.54) is 33.0 Å². The van der Waals surface area contributed by atoms with Crippen LogP contribution in [0, 0.1) is 0 Å². The third kappa shape index (κ3) is 5.54. The van der Waals surface area contributed by atoms with Crippen molar-refractivity contribution in [2.45, 2.75) is 0 Å². The Morgan fingerprint density at radius 3 is 1.32 bits per heavy atom. The number of para-hydroxylation sites is 2. The molecule has 0 bridgehead atoms. The van der Waals surface area contributed by atoms with Crippen molar-refractivity contribution in [3.63, 3.8) is 0 Å². The second-order valence-corrected chi connectivity index (χ2v) is 13.2. The van der Waals surface area contributed by atoms with Crippen molar-refractivity contribution >= 4 is 32.7 Å². The molecule has 0 fully saturated rings. The minimum Gasteiger partial charge on any atom is -0.455 e. The Morgan fingerprint density at radius 1 is 0.264 bits per heavy atom. The molecule has 2 heterocycles. The molecule has 8 aromatic carbocycles. The maximum atomic E-state index is 6.37. The van der Waals surface area contributed by atoms with Gasteiger partial charge in [-0.15, -0.1) is 0 Å². The third-order valence-corrected chi connectivity index (χ3v) is 9.99. The van der Waals surface area contributed by atoms with Crippen LogP contribution in [-0.4, -0.2) is 15.0 Å². The number of benzene rings is 8. The van der Waals surface area contributed by atoms with Crippen molar-refractivity contribution in [3.05, 3.63) is 188 Å². The minimum absolute atomic E-state index is 0.572. The molecule has 0 aliphatic carbocycles. The van der Waals surface area contributed by atoms with Crippen LogP contribution in [0.25, 0.3) is 100 Å². The average Bonchev–Trinajstić information content (AvgIpc) is 3.63. The summed E-state index contributed by atoms with van der Waals surface area (Å²) >= 11 is 0. The van der Waals surface area contributed by atoms with E-state index in [9.17, 15) is 0 Å². The second-order valence-electron chi connectivity index (χ2n) is 13.2. The van der Waals surface area contributed by atoms with Crippen molar-refractivity contribution in [3.8, 4) is 67.5 Å². The van der Waals surface area contributed by atoms with Gasteiger partial charge in [-0.05, 0) is 56.3 Å². The Labute approximate surface area is 306 Å². The van der Waals surface area contributed by atoms with Gasteiger partial charge in [-0.1, -0.05) is 176 Å². The van der Waals surface area contributed by atoms with Gasteiger partial charge in [0.05, 0.1) is 5.56 Å². The lowest BCUT2D eigenvalue weighted by molar-refractivity contribution is 0.669. The number of nitrogens with zero attached hydrogens (tertiary/aromatic N) is 3. The molecule has 248 valence electrons. The van der Waals surface area contributed by atoms with Crippen LogP contribution in [0.2, 0.25) is 0 Å². The highest BCUT2D eigenvalue weighted by atomic mass is 16.3. The van der Waals surface area contributed by atoms with Crippen LogP contribution in [0.3, 0.4) is 0 Å². The molecule has 0 aliphatic rings. The van der Waals surface area contributed by atoms with E-state index in [2.05, 4.69) is 127 Å². The van der Waals surface area contributed by atoms with Gasteiger partial charge in [-0.3, -0.25) is 0 Å².